The Hall–Kier alpha value is -1.46. The van der Waals surface area contributed by atoms with Gasteiger partial charge in [0.2, 0.25) is 0 Å². The lowest BCUT2D eigenvalue weighted by Gasteiger charge is -2.23. The lowest BCUT2D eigenvalue weighted by molar-refractivity contribution is -0.384. The van der Waals surface area contributed by atoms with Crippen LogP contribution in [-0.2, 0) is 11.3 Å². The van der Waals surface area contributed by atoms with E-state index in [1.54, 1.807) is 12.1 Å². The molecule has 5 nitrogen and oxygen atoms in total. The minimum Gasteiger partial charge on any atom is -0.379 e. The third kappa shape index (κ3) is 3.01. The van der Waals surface area contributed by atoms with Crippen molar-refractivity contribution in [3.63, 3.8) is 0 Å². The normalized spacial score (nSPS) is 23.8. The molecule has 0 aliphatic carbocycles. The summed E-state index contributed by atoms with van der Waals surface area (Å²) in [5.74, 6) is 0. The highest BCUT2D eigenvalue weighted by Gasteiger charge is 2.28. The van der Waals surface area contributed by atoms with Crippen LogP contribution in [0.15, 0.2) is 24.3 Å². The molecule has 1 fully saturated rings. The zero-order valence-electron chi connectivity index (χ0n) is 9.81. The highest BCUT2D eigenvalue weighted by molar-refractivity contribution is 5.34. The molecule has 1 heterocycles. The van der Waals surface area contributed by atoms with Gasteiger partial charge in [0.1, 0.15) is 0 Å². The Balaban J connectivity index is 1.99. The second-order valence-corrected chi connectivity index (χ2v) is 4.64. The fourth-order valence-electron chi connectivity index (χ4n) is 1.90. The van der Waals surface area contributed by atoms with E-state index in [0.717, 1.165) is 18.6 Å². The molecule has 1 atom stereocenters. The topological polar surface area (TPSA) is 64.4 Å². The largest absolute Gasteiger partial charge is 0.379 e. The second-order valence-electron chi connectivity index (χ2n) is 4.64. The summed E-state index contributed by atoms with van der Waals surface area (Å²) in [6.45, 7) is 4.21. The standard InChI is InChI=1S/C12H16N2O3/c1-12(5-6-17-9-12)13-8-10-3-2-4-11(7-10)14(15)16/h2-4,7,13H,5-6,8-9H2,1H3. The molecule has 1 N–H and O–H groups in total. The average Bonchev–Trinajstić information content (AvgIpc) is 2.75. The van der Waals surface area contributed by atoms with Gasteiger partial charge < -0.3 is 10.1 Å². The first-order valence-corrected chi connectivity index (χ1v) is 5.65. The van der Waals surface area contributed by atoms with Crippen molar-refractivity contribution in [2.45, 2.75) is 25.4 Å². The first-order valence-electron chi connectivity index (χ1n) is 5.65. The summed E-state index contributed by atoms with van der Waals surface area (Å²) in [6.07, 6.45) is 0.974. The van der Waals surface area contributed by atoms with Gasteiger partial charge in [0.05, 0.1) is 11.5 Å². The van der Waals surface area contributed by atoms with Gasteiger partial charge in [-0.3, -0.25) is 10.1 Å². The minimum atomic E-state index is -0.371. The molecular formula is C12H16N2O3. The van der Waals surface area contributed by atoms with E-state index in [9.17, 15) is 10.1 Å². The van der Waals surface area contributed by atoms with Crippen molar-refractivity contribution in [2.75, 3.05) is 13.2 Å². The van der Waals surface area contributed by atoms with Gasteiger partial charge in [0.15, 0.2) is 0 Å². The number of nitrogens with zero attached hydrogens (tertiary/aromatic N) is 1. The molecule has 0 bridgehead atoms. The van der Waals surface area contributed by atoms with Crippen LogP contribution in [0.3, 0.4) is 0 Å². The first-order chi connectivity index (χ1) is 8.09. The second kappa shape index (κ2) is 4.81. The lowest BCUT2D eigenvalue weighted by atomic mass is 10.0. The van der Waals surface area contributed by atoms with Crippen LogP contribution in [0.1, 0.15) is 18.9 Å². The smallest absolute Gasteiger partial charge is 0.269 e. The number of nitro benzene ring substituents is 1. The molecule has 5 heteroatoms. The molecule has 1 unspecified atom stereocenters. The predicted molar refractivity (Wildman–Crippen MR) is 63.8 cm³/mol. The quantitative estimate of drug-likeness (QED) is 0.640. The Morgan fingerprint density at radius 1 is 1.59 bits per heavy atom. The number of non-ortho nitro benzene ring substituents is 1. The van der Waals surface area contributed by atoms with Gasteiger partial charge in [-0.2, -0.15) is 0 Å². The van der Waals surface area contributed by atoms with E-state index in [-0.39, 0.29) is 16.1 Å². The van der Waals surface area contributed by atoms with Gasteiger partial charge in [-0.25, -0.2) is 0 Å². The number of hydrogen-bond donors (Lipinski definition) is 1. The third-order valence-corrected chi connectivity index (χ3v) is 3.06. The fourth-order valence-corrected chi connectivity index (χ4v) is 1.90. The molecule has 17 heavy (non-hydrogen) atoms. The van der Waals surface area contributed by atoms with Gasteiger partial charge in [-0.1, -0.05) is 12.1 Å². The number of rotatable bonds is 4. The van der Waals surface area contributed by atoms with E-state index in [4.69, 9.17) is 4.74 Å². The predicted octanol–water partition coefficient (Wildman–Crippen LogP) is 1.86. The summed E-state index contributed by atoms with van der Waals surface area (Å²) in [5.41, 5.74) is 1.05. The fraction of sp³-hybridized carbons (Fsp3) is 0.500. The van der Waals surface area contributed by atoms with Crippen molar-refractivity contribution < 1.29 is 9.66 Å². The molecular weight excluding hydrogens is 220 g/mol. The van der Waals surface area contributed by atoms with Crippen LogP contribution in [0.25, 0.3) is 0 Å². The van der Waals surface area contributed by atoms with Crippen LogP contribution in [0.4, 0.5) is 5.69 Å². The summed E-state index contributed by atoms with van der Waals surface area (Å²) >= 11 is 0. The molecule has 1 saturated heterocycles. The molecule has 2 rings (SSSR count). The first kappa shape index (κ1) is 12.0. The van der Waals surface area contributed by atoms with Crippen LogP contribution >= 0.6 is 0 Å². The molecule has 1 aromatic carbocycles. The summed E-state index contributed by atoms with van der Waals surface area (Å²) < 4.78 is 5.34. The Labute approximate surface area is 99.9 Å². The summed E-state index contributed by atoms with van der Waals surface area (Å²) in [4.78, 5) is 10.3. The van der Waals surface area contributed by atoms with Crippen molar-refractivity contribution in [2.24, 2.45) is 0 Å². The molecule has 1 aliphatic heterocycles. The van der Waals surface area contributed by atoms with Crippen LogP contribution in [0.5, 0.6) is 0 Å². The molecule has 92 valence electrons. The molecule has 0 radical (unpaired) electrons. The Morgan fingerprint density at radius 2 is 2.41 bits per heavy atom. The van der Waals surface area contributed by atoms with E-state index in [2.05, 4.69) is 12.2 Å². The van der Waals surface area contributed by atoms with Crippen LogP contribution in [0.2, 0.25) is 0 Å². The lowest BCUT2D eigenvalue weighted by Crippen LogP contribution is -2.42. The van der Waals surface area contributed by atoms with Gasteiger partial charge in [-0.15, -0.1) is 0 Å². The highest BCUT2D eigenvalue weighted by Crippen LogP contribution is 2.19. The van der Waals surface area contributed by atoms with Crippen molar-refractivity contribution in [3.05, 3.63) is 39.9 Å². The summed E-state index contributed by atoms with van der Waals surface area (Å²) in [7, 11) is 0. The number of nitrogens with one attached hydrogen (secondary N) is 1. The molecule has 0 amide bonds. The van der Waals surface area contributed by atoms with Gasteiger partial charge in [-0.05, 0) is 18.9 Å². The third-order valence-electron chi connectivity index (χ3n) is 3.06. The number of nitro groups is 1. The van der Waals surface area contributed by atoms with Crippen molar-refractivity contribution in [1.82, 2.24) is 5.32 Å². The zero-order valence-corrected chi connectivity index (χ0v) is 9.81. The van der Waals surface area contributed by atoms with E-state index in [1.807, 2.05) is 6.07 Å². The maximum Gasteiger partial charge on any atom is 0.269 e. The van der Waals surface area contributed by atoms with Crippen molar-refractivity contribution >= 4 is 5.69 Å². The molecule has 0 saturated carbocycles. The average molecular weight is 236 g/mol. The Kier molecular flexibility index (Phi) is 3.40. The van der Waals surface area contributed by atoms with Crippen LogP contribution in [0, 0.1) is 10.1 Å². The molecule has 0 spiro atoms. The SMILES string of the molecule is CC1(NCc2cccc([N+](=O)[O-])c2)CCOC1. The van der Waals surface area contributed by atoms with E-state index < -0.39 is 0 Å². The minimum absolute atomic E-state index is 0.00930. The van der Waals surface area contributed by atoms with E-state index in [0.29, 0.717) is 13.2 Å². The van der Waals surface area contributed by atoms with Gasteiger partial charge in [0.25, 0.3) is 5.69 Å². The van der Waals surface area contributed by atoms with E-state index >= 15 is 0 Å². The maximum absolute atomic E-state index is 10.6. The van der Waals surface area contributed by atoms with Crippen LogP contribution in [-0.4, -0.2) is 23.7 Å². The molecule has 0 aromatic heterocycles. The zero-order chi connectivity index (χ0) is 12.3. The Bertz CT molecular complexity index is 414. The summed E-state index contributed by atoms with van der Waals surface area (Å²) in [6, 6.07) is 6.71. The molecule has 1 aliphatic rings. The van der Waals surface area contributed by atoms with Crippen LogP contribution < -0.4 is 5.32 Å². The Morgan fingerprint density at radius 3 is 3.06 bits per heavy atom. The van der Waals surface area contributed by atoms with Crippen molar-refractivity contribution in [3.8, 4) is 0 Å². The number of ether oxygens (including phenoxy) is 1. The van der Waals surface area contributed by atoms with Gasteiger partial charge >= 0.3 is 0 Å². The number of benzene rings is 1. The summed E-state index contributed by atoms with van der Waals surface area (Å²) in [5, 5.41) is 14.0. The van der Waals surface area contributed by atoms with Gasteiger partial charge in [0, 0.05) is 30.8 Å². The van der Waals surface area contributed by atoms with Crippen molar-refractivity contribution in [1.29, 1.82) is 0 Å². The maximum atomic E-state index is 10.6. The number of hydrogen-bond acceptors (Lipinski definition) is 4. The molecule has 1 aromatic rings. The highest BCUT2D eigenvalue weighted by atomic mass is 16.6. The van der Waals surface area contributed by atoms with E-state index in [1.165, 1.54) is 6.07 Å². The monoisotopic (exact) mass is 236 g/mol.